The van der Waals surface area contributed by atoms with Crippen molar-refractivity contribution >= 4 is 54.8 Å². The molecule has 3 nitrogen and oxygen atoms in total. The lowest BCUT2D eigenvalue weighted by atomic mass is 10.0. The highest BCUT2D eigenvalue weighted by Gasteiger charge is 2.14. The van der Waals surface area contributed by atoms with Crippen LogP contribution >= 0.6 is 0 Å². The molecule has 0 atom stereocenters. The Balaban J connectivity index is 1.33. The van der Waals surface area contributed by atoms with Crippen molar-refractivity contribution in [3.8, 4) is 16.8 Å². The van der Waals surface area contributed by atoms with E-state index < -0.39 is 0 Å². The average Bonchev–Trinajstić information content (AvgIpc) is 3.46. The lowest BCUT2D eigenvalue weighted by Crippen LogP contribution is -1.92. The quantitative estimate of drug-likeness (QED) is 0.258. The number of furan rings is 1. The van der Waals surface area contributed by atoms with Crippen LogP contribution in [0.25, 0.3) is 71.6 Å². The first-order chi connectivity index (χ1) is 17.8. The number of nitrogens with zero attached hydrogens (tertiary/aromatic N) is 2. The third-order valence-electron chi connectivity index (χ3n) is 7.19. The number of aromatic nitrogens is 2. The van der Waals surface area contributed by atoms with Crippen LogP contribution in [0.15, 0.2) is 126 Å². The van der Waals surface area contributed by atoms with E-state index in [4.69, 9.17) is 9.40 Å². The highest BCUT2D eigenvalue weighted by molar-refractivity contribution is 6.11. The van der Waals surface area contributed by atoms with Crippen LogP contribution in [0.1, 0.15) is 0 Å². The van der Waals surface area contributed by atoms with Gasteiger partial charge >= 0.3 is 0 Å². The largest absolute Gasteiger partial charge is 0.438 e. The van der Waals surface area contributed by atoms with Gasteiger partial charge < -0.3 is 8.98 Å². The molecule has 8 aromatic rings. The molecule has 8 rings (SSSR count). The zero-order valence-corrected chi connectivity index (χ0v) is 19.3. The molecule has 0 N–H and O–H groups in total. The molecule has 3 aromatic heterocycles. The zero-order valence-electron chi connectivity index (χ0n) is 19.3. The highest BCUT2D eigenvalue weighted by atomic mass is 16.3. The molecule has 0 fully saturated rings. The lowest BCUT2D eigenvalue weighted by molar-refractivity contribution is 0.656. The van der Waals surface area contributed by atoms with Gasteiger partial charge in [0.25, 0.3) is 0 Å². The Morgan fingerprint density at radius 1 is 0.528 bits per heavy atom. The van der Waals surface area contributed by atoms with Crippen molar-refractivity contribution in [2.75, 3.05) is 0 Å². The minimum Gasteiger partial charge on any atom is -0.438 e. The molecule has 3 heteroatoms. The maximum absolute atomic E-state index is 6.23. The minimum absolute atomic E-state index is 0.683. The molecule has 3 heterocycles. The fraction of sp³-hybridized carbons (Fsp3) is 0. The van der Waals surface area contributed by atoms with E-state index in [2.05, 4.69) is 108 Å². The summed E-state index contributed by atoms with van der Waals surface area (Å²) in [5.41, 5.74) is 8.36. The summed E-state index contributed by atoms with van der Waals surface area (Å²) in [5.74, 6) is 0. The van der Waals surface area contributed by atoms with E-state index in [9.17, 15) is 0 Å². The highest BCUT2D eigenvalue weighted by Crippen LogP contribution is 2.37. The van der Waals surface area contributed by atoms with E-state index >= 15 is 0 Å². The molecule has 0 saturated heterocycles. The number of hydrogen-bond donors (Lipinski definition) is 0. The van der Waals surface area contributed by atoms with Crippen LogP contribution in [-0.2, 0) is 0 Å². The molecule has 0 aliphatic rings. The molecule has 5 aromatic carbocycles. The van der Waals surface area contributed by atoms with Gasteiger partial charge in [0.1, 0.15) is 5.58 Å². The third-order valence-corrected chi connectivity index (χ3v) is 7.19. The molecule has 0 aliphatic heterocycles. The van der Waals surface area contributed by atoms with Crippen LogP contribution in [0.3, 0.4) is 0 Å². The Labute approximate surface area is 206 Å². The van der Waals surface area contributed by atoms with Crippen LogP contribution in [0.2, 0.25) is 0 Å². The molecule has 36 heavy (non-hydrogen) atoms. The van der Waals surface area contributed by atoms with Crippen molar-refractivity contribution in [3.63, 3.8) is 0 Å². The first-order valence-corrected chi connectivity index (χ1v) is 12.1. The van der Waals surface area contributed by atoms with Crippen LogP contribution in [-0.4, -0.2) is 9.55 Å². The molecule has 0 amide bonds. The van der Waals surface area contributed by atoms with Crippen molar-refractivity contribution < 1.29 is 4.42 Å². The normalized spacial score (nSPS) is 11.9. The molecule has 168 valence electrons. The van der Waals surface area contributed by atoms with Crippen LogP contribution < -0.4 is 0 Å². The smallest absolute Gasteiger partial charge is 0.227 e. The standard InChI is InChI=1S/C33H20N2O/c1-2-9-24(10-3-1)35-30-13-7-5-11-25(30)27-18-21(15-17-31(27)35)22-14-16-26-28-19-23-8-4-6-12-29(23)34-33(28)36-32(26)20-22/h1-20H. The van der Waals surface area contributed by atoms with Crippen LogP contribution in [0.5, 0.6) is 0 Å². The maximum Gasteiger partial charge on any atom is 0.227 e. The van der Waals surface area contributed by atoms with Crippen molar-refractivity contribution in [2.45, 2.75) is 0 Å². The number of fused-ring (bicyclic) bond motifs is 7. The average molecular weight is 461 g/mol. The fourth-order valence-corrected chi connectivity index (χ4v) is 5.49. The number of pyridine rings is 1. The van der Waals surface area contributed by atoms with Crippen molar-refractivity contribution in [1.82, 2.24) is 9.55 Å². The molecule has 0 spiro atoms. The molecule has 0 radical (unpaired) electrons. The Hall–Kier alpha value is -4.89. The van der Waals surface area contributed by atoms with Crippen LogP contribution in [0, 0.1) is 0 Å². The summed E-state index contributed by atoms with van der Waals surface area (Å²) in [6, 6.07) is 42.7. The van der Waals surface area contributed by atoms with Crippen molar-refractivity contribution in [3.05, 3.63) is 121 Å². The van der Waals surface area contributed by atoms with E-state index in [0.29, 0.717) is 5.71 Å². The Bertz CT molecular complexity index is 2100. The molecular weight excluding hydrogens is 440 g/mol. The van der Waals surface area contributed by atoms with Crippen molar-refractivity contribution in [1.29, 1.82) is 0 Å². The monoisotopic (exact) mass is 460 g/mol. The number of rotatable bonds is 2. The second-order valence-electron chi connectivity index (χ2n) is 9.27. The van der Waals surface area contributed by atoms with E-state index in [1.54, 1.807) is 0 Å². The predicted molar refractivity (Wildman–Crippen MR) is 149 cm³/mol. The van der Waals surface area contributed by atoms with Gasteiger partial charge in [-0.25, -0.2) is 4.98 Å². The Kier molecular flexibility index (Phi) is 3.94. The van der Waals surface area contributed by atoms with Gasteiger partial charge in [0.05, 0.1) is 16.6 Å². The van der Waals surface area contributed by atoms with Gasteiger partial charge in [-0.2, -0.15) is 0 Å². The topological polar surface area (TPSA) is 31.0 Å². The second kappa shape index (κ2) is 7.30. The summed E-state index contributed by atoms with van der Waals surface area (Å²) in [6.07, 6.45) is 0. The number of hydrogen-bond acceptors (Lipinski definition) is 2. The summed E-state index contributed by atoms with van der Waals surface area (Å²) in [6.45, 7) is 0. The fourth-order valence-electron chi connectivity index (χ4n) is 5.49. The van der Waals surface area contributed by atoms with Gasteiger partial charge in [-0.1, -0.05) is 66.7 Å². The summed E-state index contributed by atoms with van der Waals surface area (Å²) in [7, 11) is 0. The van der Waals surface area contributed by atoms with Crippen molar-refractivity contribution in [2.24, 2.45) is 0 Å². The summed E-state index contributed by atoms with van der Waals surface area (Å²) < 4.78 is 8.57. The van der Waals surface area contributed by atoms with E-state index in [0.717, 1.165) is 32.8 Å². The molecule has 0 unspecified atom stereocenters. The summed E-state index contributed by atoms with van der Waals surface area (Å²) in [5, 5.41) is 5.76. The Morgan fingerprint density at radius 2 is 1.28 bits per heavy atom. The van der Waals surface area contributed by atoms with E-state index in [1.807, 2.05) is 18.2 Å². The van der Waals surface area contributed by atoms with Gasteiger partial charge in [-0.15, -0.1) is 0 Å². The summed E-state index contributed by atoms with van der Waals surface area (Å²) in [4.78, 5) is 4.75. The van der Waals surface area contributed by atoms with Gasteiger partial charge in [0.2, 0.25) is 5.71 Å². The number of para-hydroxylation sites is 3. The zero-order chi connectivity index (χ0) is 23.6. The summed E-state index contributed by atoms with van der Waals surface area (Å²) >= 11 is 0. The lowest BCUT2D eigenvalue weighted by Gasteiger charge is -2.08. The Morgan fingerprint density at radius 3 is 2.22 bits per heavy atom. The minimum atomic E-state index is 0.683. The van der Waals surface area contributed by atoms with Gasteiger partial charge in [0, 0.05) is 32.6 Å². The molecule has 0 aliphatic carbocycles. The number of benzene rings is 5. The van der Waals surface area contributed by atoms with Crippen LogP contribution in [0.4, 0.5) is 0 Å². The molecular formula is C33H20N2O. The van der Waals surface area contributed by atoms with E-state index in [1.165, 1.54) is 33.1 Å². The molecule has 0 bridgehead atoms. The third kappa shape index (κ3) is 2.77. The second-order valence-corrected chi connectivity index (χ2v) is 9.27. The van der Waals surface area contributed by atoms with E-state index in [-0.39, 0.29) is 0 Å². The van der Waals surface area contributed by atoms with Gasteiger partial charge in [0.15, 0.2) is 0 Å². The van der Waals surface area contributed by atoms with Gasteiger partial charge in [-0.05, 0) is 65.7 Å². The van der Waals surface area contributed by atoms with Gasteiger partial charge in [-0.3, -0.25) is 0 Å². The first kappa shape index (κ1) is 19.4. The molecule has 0 saturated carbocycles. The predicted octanol–water partition coefficient (Wildman–Crippen LogP) is 8.90. The maximum atomic E-state index is 6.23. The SMILES string of the molecule is c1ccc(-n2c3ccccc3c3cc(-c4ccc5c(c4)oc4nc6ccccc6cc45)ccc32)cc1. The first-order valence-electron chi connectivity index (χ1n) is 12.1.